The van der Waals surface area contributed by atoms with Crippen LogP contribution >= 0.6 is 46.2 Å². The number of oxime groups is 1. The third-order valence-electron chi connectivity index (χ3n) is 13.5. The molecule has 0 saturated carbocycles. The largest absolute Gasteiger partial charge is 0.497 e. The number of carbonyl (C=O) groups is 4. The minimum Gasteiger partial charge on any atom is -0.497 e. The zero-order valence-corrected chi connectivity index (χ0v) is 46.9. The number of rotatable bonds is 21. The van der Waals surface area contributed by atoms with Crippen LogP contribution in [0, 0.1) is 0 Å². The molecule has 81 heavy (non-hydrogen) atoms. The van der Waals surface area contributed by atoms with Gasteiger partial charge in [-0.15, -0.1) is 34.4 Å². The Bertz CT molecular complexity index is 3570. The number of esters is 2. The van der Waals surface area contributed by atoms with Crippen LogP contribution in [0.4, 0.5) is 5.13 Å². The number of pyridine rings is 1. The van der Waals surface area contributed by atoms with Crippen LogP contribution < -0.4 is 15.4 Å². The molecule has 2 N–H and O–H groups in total. The molecule has 0 bridgehead atoms. The first kappa shape index (κ1) is 54.3. The maximum absolute atomic E-state index is 15.0. The average Bonchev–Trinajstić information content (AvgIpc) is 4.29. The third kappa shape index (κ3) is 11.8. The fraction of sp³-hybridized carbons (Fsp3) is 0.161. The molecule has 0 spiro atoms. The fourth-order valence-corrected chi connectivity index (χ4v) is 13.7. The van der Waals surface area contributed by atoms with Crippen molar-refractivity contribution >= 4 is 91.0 Å². The van der Waals surface area contributed by atoms with E-state index >= 15 is 0 Å². The van der Waals surface area contributed by atoms with Gasteiger partial charge < -0.3 is 29.7 Å². The third-order valence-corrected chi connectivity index (χ3v) is 17.9. The van der Waals surface area contributed by atoms with E-state index in [1.165, 1.54) is 58.0 Å². The molecule has 11 rings (SSSR count). The monoisotopic (exact) mass is 1150 g/mol. The van der Waals surface area contributed by atoms with Crippen molar-refractivity contribution in [3.8, 4) is 5.75 Å². The molecule has 2 amide bonds. The Morgan fingerprint density at radius 3 is 1.99 bits per heavy atom. The molecule has 1 saturated heterocycles. The number of hydrogen-bond donors (Lipinski definition) is 2. The summed E-state index contributed by atoms with van der Waals surface area (Å²) in [6, 6.07) is 56.6. The second kappa shape index (κ2) is 24.8. The van der Waals surface area contributed by atoms with Gasteiger partial charge in [-0.2, -0.15) is 0 Å². The lowest BCUT2D eigenvalue weighted by Crippen LogP contribution is -2.71. The van der Waals surface area contributed by atoms with Crippen molar-refractivity contribution in [3.63, 3.8) is 0 Å². The van der Waals surface area contributed by atoms with Crippen molar-refractivity contribution in [2.24, 2.45) is 5.16 Å². The van der Waals surface area contributed by atoms with E-state index in [1.807, 2.05) is 158 Å². The molecule has 3 atom stereocenters. The van der Waals surface area contributed by atoms with Gasteiger partial charge in [0.05, 0.1) is 18.0 Å². The van der Waals surface area contributed by atoms with Crippen molar-refractivity contribution in [1.82, 2.24) is 25.2 Å². The zero-order chi connectivity index (χ0) is 55.7. The summed E-state index contributed by atoms with van der Waals surface area (Å²) < 4.78 is 19.1. The summed E-state index contributed by atoms with van der Waals surface area (Å²) >= 11 is 5.60. The number of β-lactam (4-membered cyclic amide) rings is 1. The van der Waals surface area contributed by atoms with Gasteiger partial charge in [0.2, 0.25) is 6.10 Å². The zero-order valence-electron chi connectivity index (χ0n) is 43.6. The average molecular weight is 1150 g/mol. The lowest BCUT2D eigenvalue weighted by Gasteiger charge is -2.49. The second-order valence-corrected chi connectivity index (χ2v) is 22.9. The van der Waals surface area contributed by atoms with E-state index in [9.17, 15) is 19.2 Å². The lowest BCUT2D eigenvalue weighted by molar-refractivity contribution is -0.160. The van der Waals surface area contributed by atoms with Gasteiger partial charge in [0.15, 0.2) is 21.3 Å². The Balaban J connectivity index is 0.896. The Morgan fingerprint density at radius 2 is 1.40 bits per heavy atom. The molecule has 1 fully saturated rings. The van der Waals surface area contributed by atoms with Crippen LogP contribution in [0.3, 0.4) is 0 Å². The van der Waals surface area contributed by atoms with Gasteiger partial charge in [-0.3, -0.25) is 19.5 Å². The quantitative estimate of drug-likeness (QED) is 0.0173. The number of thioether (sulfide) groups is 2. The fourth-order valence-electron chi connectivity index (χ4n) is 9.46. The van der Waals surface area contributed by atoms with Crippen LogP contribution in [-0.4, -0.2) is 85.5 Å². The number of anilines is 1. The number of amides is 2. The van der Waals surface area contributed by atoms with Crippen molar-refractivity contribution in [2.75, 3.05) is 23.9 Å². The summed E-state index contributed by atoms with van der Waals surface area (Å²) in [7, 11) is 1.57. The number of hydrogen-bond acceptors (Lipinski definition) is 17. The topological polar surface area (TPSA) is 184 Å². The summed E-state index contributed by atoms with van der Waals surface area (Å²) in [5.74, 6) is -1.43. The van der Waals surface area contributed by atoms with Crippen LogP contribution in [-0.2, 0) is 45.6 Å². The number of aromatic nitrogens is 3. The summed E-state index contributed by atoms with van der Waals surface area (Å²) in [5.41, 5.74) is 5.37. The smallest absolute Gasteiger partial charge is 0.355 e. The predicted molar refractivity (Wildman–Crippen MR) is 316 cm³/mol. The van der Waals surface area contributed by atoms with E-state index in [0.29, 0.717) is 28.0 Å². The molecular formula is C62H51N7O8S4. The number of methoxy groups -OCH3 is 1. The minimum absolute atomic E-state index is 0.0593. The van der Waals surface area contributed by atoms with Gasteiger partial charge in [-0.05, 0) is 64.1 Å². The molecule has 6 aromatic carbocycles. The minimum atomic E-state index is -1.32. The number of benzene rings is 6. The van der Waals surface area contributed by atoms with E-state index in [1.54, 1.807) is 49.1 Å². The Morgan fingerprint density at radius 1 is 0.790 bits per heavy atom. The molecule has 2 aliphatic heterocycles. The first-order valence-electron chi connectivity index (χ1n) is 25.7. The van der Waals surface area contributed by atoms with E-state index < -0.39 is 52.9 Å². The van der Waals surface area contributed by atoms with Crippen LogP contribution in [0.5, 0.6) is 5.75 Å². The molecule has 0 radical (unpaired) electrons. The van der Waals surface area contributed by atoms with Crippen LogP contribution in [0.15, 0.2) is 221 Å². The van der Waals surface area contributed by atoms with Crippen LogP contribution in [0.25, 0.3) is 10.2 Å². The molecule has 406 valence electrons. The highest BCUT2D eigenvalue weighted by Crippen LogP contribution is 2.44. The van der Waals surface area contributed by atoms with Crippen LogP contribution in [0.2, 0.25) is 0 Å². The van der Waals surface area contributed by atoms with Crippen molar-refractivity contribution in [3.05, 3.63) is 250 Å². The molecule has 5 heterocycles. The first-order chi connectivity index (χ1) is 39.7. The number of carbonyl (C=O) groups excluding carboxylic acids is 4. The van der Waals surface area contributed by atoms with Crippen molar-refractivity contribution in [1.29, 1.82) is 0 Å². The number of nitrogens with zero attached hydrogens (tertiary/aromatic N) is 5. The van der Waals surface area contributed by atoms with E-state index in [2.05, 4.69) is 20.8 Å². The van der Waals surface area contributed by atoms with E-state index in [4.69, 9.17) is 29.0 Å². The van der Waals surface area contributed by atoms with E-state index in [-0.39, 0.29) is 23.7 Å². The molecule has 3 aromatic heterocycles. The highest BCUT2D eigenvalue weighted by molar-refractivity contribution is 8.02. The molecule has 2 aliphatic rings. The standard InChI is InChI=1S/C62H51N7O8S4/c1-39(58(72)76-54(41-18-8-3-9-19-41)42-20-10-4-11-21-42)77-68-51(49-38-79-60(64-49)67-62(44-22-12-5-13-23-44,45-24-14-6-15-25-45)46-26-16-7-17-27-46)55(70)66-52-56(71)69-53(59(73)75-35-40-28-30-47(74-2)31-29-40)43(36-78-57(52)69)37-80-61-65-48-34-63-33-32-50(48)81-61/h3-34,38-39,52,54,57H,35-37H2,1-2H3,(H,64,67)(H,66,70)/b68-51-/t39-,52?,57?/m0/s1. The normalized spacial score (nSPS) is 15.6. The number of ether oxygens (including phenoxy) is 3. The van der Waals surface area contributed by atoms with Crippen molar-refractivity contribution < 1.29 is 38.2 Å². The predicted octanol–water partition coefficient (Wildman–Crippen LogP) is 11.2. The van der Waals surface area contributed by atoms with Gasteiger partial charge in [-0.25, -0.2) is 19.6 Å². The number of nitrogens with one attached hydrogen (secondary N) is 2. The maximum atomic E-state index is 15.0. The molecule has 15 nitrogen and oxygen atoms in total. The SMILES string of the molecule is COc1ccc(COC(=O)C2=C(CSc3nc4cnccc4s3)CSC3C(NC(=O)/C(=N\O[C@@H](C)C(=O)OC(c4ccccc4)c4ccccc4)c4csc(NC(c5ccccc5)(c5ccccc5)c5ccccc5)n4)C(=O)N23)cc1. The van der Waals surface area contributed by atoms with Gasteiger partial charge >= 0.3 is 11.9 Å². The van der Waals surface area contributed by atoms with Crippen molar-refractivity contribution in [2.45, 2.75) is 47.0 Å². The number of fused-ring (bicyclic) bond motifs is 2. The second-order valence-electron chi connectivity index (χ2n) is 18.7. The summed E-state index contributed by atoms with van der Waals surface area (Å²) in [5, 5.41) is 12.4. The Hall–Kier alpha value is -8.62. The van der Waals surface area contributed by atoms with E-state index in [0.717, 1.165) is 47.9 Å². The highest BCUT2D eigenvalue weighted by atomic mass is 32.2. The van der Waals surface area contributed by atoms with Gasteiger partial charge in [0.25, 0.3) is 11.8 Å². The molecule has 0 aliphatic carbocycles. The first-order valence-corrected chi connectivity index (χ1v) is 29.5. The molecule has 9 aromatic rings. The Kier molecular flexibility index (Phi) is 16.6. The molecule has 19 heteroatoms. The van der Waals surface area contributed by atoms with Gasteiger partial charge in [-0.1, -0.05) is 181 Å². The molecule has 2 unspecified atom stereocenters. The highest BCUT2D eigenvalue weighted by Gasteiger charge is 2.55. The lowest BCUT2D eigenvalue weighted by atomic mass is 9.77. The molecular weight excluding hydrogens is 1100 g/mol. The number of thiazole rings is 2. The maximum Gasteiger partial charge on any atom is 0.355 e. The van der Waals surface area contributed by atoms with Gasteiger partial charge in [0.1, 0.15) is 46.2 Å². The summed E-state index contributed by atoms with van der Waals surface area (Å²) in [4.78, 5) is 79.1. The van der Waals surface area contributed by atoms with Gasteiger partial charge in [0, 0.05) is 23.1 Å². The Labute approximate surface area is 483 Å². The summed E-state index contributed by atoms with van der Waals surface area (Å²) in [6.07, 6.45) is 1.33. The summed E-state index contributed by atoms with van der Waals surface area (Å²) in [6.45, 7) is 1.42. The van der Waals surface area contributed by atoms with Crippen LogP contribution in [0.1, 0.15) is 52.1 Å².